The van der Waals surface area contributed by atoms with Gasteiger partial charge in [0.2, 0.25) is 0 Å². The molecule has 0 aromatic carbocycles. The second-order valence-electron chi connectivity index (χ2n) is 4.82. The van der Waals surface area contributed by atoms with Crippen LogP contribution in [0.3, 0.4) is 0 Å². The van der Waals surface area contributed by atoms with E-state index < -0.39 is 0 Å². The molecule has 1 N–H and O–H groups in total. The van der Waals surface area contributed by atoms with Crippen molar-refractivity contribution in [3.8, 4) is 0 Å². The molecule has 0 spiro atoms. The predicted octanol–water partition coefficient (Wildman–Crippen LogP) is 2.77. The summed E-state index contributed by atoms with van der Waals surface area (Å²) in [6.45, 7) is 9.22. The van der Waals surface area contributed by atoms with Crippen LogP contribution in [0, 0.1) is 0 Å². The standard InChI is InChI=1S/C13H23NOS/c1-10(2)14(8-12(4)15)11(3)7-13-5-6-16-9-13/h5-6,9-12,15H,7-8H2,1-4H3. The van der Waals surface area contributed by atoms with E-state index in [0.717, 1.165) is 13.0 Å². The number of nitrogens with zero attached hydrogens (tertiary/aromatic N) is 1. The topological polar surface area (TPSA) is 23.5 Å². The van der Waals surface area contributed by atoms with Crippen LogP contribution in [-0.2, 0) is 6.42 Å². The van der Waals surface area contributed by atoms with Gasteiger partial charge in [0.15, 0.2) is 0 Å². The molecule has 1 aromatic heterocycles. The van der Waals surface area contributed by atoms with Gasteiger partial charge in [0.05, 0.1) is 6.10 Å². The lowest BCUT2D eigenvalue weighted by Crippen LogP contribution is -2.43. The van der Waals surface area contributed by atoms with Gasteiger partial charge in [-0.15, -0.1) is 0 Å². The zero-order valence-electron chi connectivity index (χ0n) is 10.7. The van der Waals surface area contributed by atoms with Crippen LogP contribution in [0.5, 0.6) is 0 Å². The van der Waals surface area contributed by atoms with Crippen LogP contribution in [0.4, 0.5) is 0 Å². The maximum Gasteiger partial charge on any atom is 0.0639 e. The zero-order chi connectivity index (χ0) is 12.1. The third-order valence-corrected chi connectivity index (χ3v) is 3.55. The quantitative estimate of drug-likeness (QED) is 0.828. The highest BCUT2D eigenvalue weighted by atomic mass is 32.1. The minimum absolute atomic E-state index is 0.257. The summed E-state index contributed by atoms with van der Waals surface area (Å²) in [5.74, 6) is 0. The molecule has 0 fully saturated rings. The van der Waals surface area contributed by atoms with Gasteiger partial charge in [-0.3, -0.25) is 4.90 Å². The summed E-state index contributed by atoms with van der Waals surface area (Å²) >= 11 is 1.75. The third-order valence-electron chi connectivity index (χ3n) is 2.82. The highest BCUT2D eigenvalue weighted by Crippen LogP contribution is 2.14. The average molecular weight is 241 g/mol. The predicted molar refractivity (Wildman–Crippen MR) is 71.0 cm³/mol. The van der Waals surface area contributed by atoms with E-state index in [9.17, 15) is 5.11 Å². The molecular formula is C13H23NOS. The molecule has 0 amide bonds. The molecule has 1 rings (SSSR count). The molecule has 0 saturated heterocycles. The van der Waals surface area contributed by atoms with E-state index in [-0.39, 0.29) is 6.10 Å². The molecule has 1 heterocycles. The van der Waals surface area contributed by atoms with Crippen molar-refractivity contribution in [3.63, 3.8) is 0 Å². The van der Waals surface area contributed by atoms with Gasteiger partial charge in [0.25, 0.3) is 0 Å². The van der Waals surface area contributed by atoms with Gasteiger partial charge >= 0.3 is 0 Å². The Bertz CT molecular complexity index is 282. The molecule has 0 radical (unpaired) electrons. The lowest BCUT2D eigenvalue weighted by atomic mass is 10.1. The number of aliphatic hydroxyl groups excluding tert-OH is 1. The molecule has 2 atom stereocenters. The first-order valence-electron chi connectivity index (χ1n) is 5.95. The van der Waals surface area contributed by atoms with Crippen LogP contribution in [-0.4, -0.2) is 34.7 Å². The summed E-state index contributed by atoms with van der Waals surface area (Å²) in [4.78, 5) is 2.36. The Labute approximate surface area is 103 Å². The molecular weight excluding hydrogens is 218 g/mol. The van der Waals surface area contributed by atoms with Gasteiger partial charge in [-0.25, -0.2) is 0 Å². The second kappa shape index (κ2) is 6.38. The fraction of sp³-hybridized carbons (Fsp3) is 0.692. The number of thiophene rings is 1. The van der Waals surface area contributed by atoms with Crippen LogP contribution in [0.15, 0.2) is 16.8 Å². The van der Waals surface area contributed by atoms with Crippen molar-refractivity contribution in [2.75, 3.05) is 6.54 Å². The molecule has 3 heteroatoms. The molecule has 2 unspecified atom stereocenters. The van der Waals surface area contributed by atoms with Gasteiger partial charge in [0.1, 0.15) is 0 Å². The summed E-state index contributed by atoms with van der Waals surface area (Å²) < 4.78 is 0. The molecule has 16 heavy (non-hydrogen) atoms. The second-order valence-corrected chi connectivity index (χ2v) is 5.60. The van der Waals surface area contributed by atoms with Crippen molar-refractivity contribution < 1.29 is 5.11 Å². The van der Waals surface area contributed by atoms with E-state index in [2.05, 4.69) is 42.5 Å². The zero-order valence-corrected chi connectivity index (χ0v) is 11.5. The molecule has 92 valence electrons. The summed E-state index contributed by atoms with van der Waals surface area (Å²) in [5.41, 5.74) is 1.40. The Kier molecular flexibility index (Phi) is 5.46. The third kappa shape index (κ3) is 4.24. The summed E-state index contributed by atoms with van der Waals surface area (Å²) in [6, 6.07) is 3.13. The van der Waals surface area contributed by atoms with Crippen molar-refractivity contribution in [2.45, 2.75) is 52.3 Å². The highest BCUT2D eigenvalue weighted by molar-refractivity contribution is 7.07. The molecule has 0 aliphatic rings. The highest BCUT2D eigenvalue weighted by Gasteiger charge is 2.18. The van der Waals surface area contributed by atoms with E-state index in [0.29, 0.717) is 12.1 Å². The molecule has 0 aliphatic heterocycles. The smallest absolute Gasteiger partial charge is 0.0639 e. The van der Waals surface area contributed by atoms with E-state index in [4.69, 9.17) is 0 Å². The number of hydrogen-bond acceptors (Lipinski definition) is 3. The monoisotopic (exact) mass is 241 g/mol. The van der Waals surface area contributed by atoms with E-state index in [1.807, 2.05) is 6.92 Å². The number of hydrogen-bond donors (Lipinski definition) is 1. The van der Waals surface area contributed by atoms with Crippen molar-refractivity contribution in [1.82, 2.24) is 4.90 Å². The lowest BCUT2D eigenvalue weighted by molar-refractivity contribution is 0.0806. The van der Waals surface area contributed by atoms with E-state index >= 15 is 0 Å². The van der Waals surface area contributed by atoms with Gasteiger partial charge in [0, 0.05) is 18.6 Å². The first kappa shape index (κ1) is 13.7. The minimum atomic E-state index is -0.257. The van der Waals surface area contributed by atoms with Gasteiger partial charge in [-0.2, -0.15) is 11.3 Å². The maximum absolute atomic E-state index is 9.51. The molecule has 0 aliphatic carbocycles. The summed E-state index contributed by atoms with van der Waals surface area (Å²) in [5, 5.41) is 13.8. The van der Waals surface area contributed by atoms with Crippen LogP contribution in [0.2, 0.25) is 0 Å². The van der Waals surface area contributed by atoms with Crippen LogP contribution < -0.4 is 0 Å². The van der Waals surface area contributed by atoms with Crippen LogP contribution in [0.1, 0.15) is 33.3 Å². The summed E-state index contributed by atoms with van der Waals surface area (Å²) in [6.07, 6.45) is 0.807. The SMILES string of the molecule is CC(O)CN(C(C)C)C(C)Cc1ccsc1. The Hall–Kier alpha value is -0.380. The first-order chi connectivity index (χ1) is 7.50. The van der Waals surface area contributed by atoms with E-state index in [1.54, 1.807) is 11.3 Å². The Balaban J connectivity index is 2.56. The fourth-order valence-corrected chi connectivity index (χ4v) is 2.75. The van der Waals surface area contributed by atoms with Gasteiger partial charge in [-0.1, -0.05) is 0 Å². The number of rotatable bonds is 6. The summed E-state index contributed by atoms with van der Waals surface area (Å²) in [7, 11) is 0. The Morgan fingerprint density at radius 3 is 2.44 bits per heavy atom. The molecule has 2 nitrogen and oxygen atoms in total. The molecule has 1 aromatic rings. The van der Waals surface area contributed by atoms with E-state index in [1.165, 1.54) is 5.56 Å². The first-order valence-corrected chi connectivity index (χ1v) is 6.90. The van der Waals surface area contributed by atoms with Crippen molar-refractivity contribution in [2.24, 2.45) is 0 Å². The van der Waals surface area contributed by atoms with Gasteiger partial charge < -0.3 is 5.11 Å². The Morgan fingerprint density at radius 1 is 1.31 bits per heavy atom. The van der Waals surface area contributed by atoms with Crippen molar-refractivity contribution in [1.29, 1.82) is 0 Å². The normalized spacial score (nSPS) is 15.7. The lowest BCUT2D eigenvalue weighted by Gasteiger charge is -2.33. The maximum atomic E-state index is 9.51. The largest absolute Gasteiger partial charge is 0.392 e. The molecule has 0 saturated carbocycles. The number of aliphatic hydroxyl groups is 1. The Morgan fingerprint density at radius 2 is 2.00 bits per heavy atom. The minimum Gasteiger partial charge on any atom is -0.392 e. The fourth-order valence-electron chi connectivity index (χ4n) is 2.07. The van der Waals surface area contributed by atoms with Crippen LogP contribution in [0.25, 0.3) is 0 Å². The average Bonchev–Trinajstić information content (AvgIpc) is 2.65. The van der Waals surface area contributed by atoms with Gasteiger partial charge in [-0.05, 0) is 56.5 Å². The van der Waals surface area contributed by atoms with Crippen molar-refractivity contribution >= 4 is 11.3 Å². The molecule has 0 bridgehead atoms. The van der Waals surface area contributed by atoms with Crippen LogP contribution >= 0.6 is 11.3 Å². The van der Waals surface area contributed by atoms with Crippen molar-refractivity contribution in [3.05, 3.63) is 22.4 Å².